The SMILES string of the molecule is CCn1cncc1Cn1c(CN2CCC(c3cccc(OCc4nc5ccccc5s4)n3)CC2)nc2ccc(C(C)=O)cc21. The number of hydrogen-bond donors (Lipinski definition) is 0. The molecule has 1 saturated heterocycles. The van der Waals surface area contributed by atoms with Crippen molar-refractivity contribution in [1.82, 2.24) is 34.0 Å². The number of aryl methyl sites for hydroxylation is 1. The lowest BCUT2D eigenvalue weighted by atomic mass is 9.93. The van der Waals surface area contributed by atoms with Crippen molar-refractivity contribution in [3.63, 3.8) is 0 Å². The second-order valence-corrected chi connectivity index (χ2v) is 12.5. The Hall–Kier alpha value is -4.41. The second-order valence-electron chi connectivity index (χ2n) is 11.4. The van der Waals surface area contributed by atoms with Crippen LogP contribution in [-0.4, -0.2) is 52.8 Å². The van der Waals surface area contributed by atoms with Gasteiger partial charge in [-0.3, -0.25) is 9.69 Å². The number of hydrogen-bond acceptors (Lipinski definition) is 8. The van der Waals surface area contributed by atoms with E-state index in [0.29, 0.717) is 30.5 Å². The summed E-state index contributed by atoms with van der Waals surface area (Å²) >= 11 is 1.66. The fourth-order valence-corrected chi connectivity index (χ4v) is 6.94. The van der Waals surface area contributed by atoms with Crippen molar-refractivity contribution in [3.8, 4) is 5.88 Å². The number of ketones is 1. The van der Waals surface area contributed by atoms with Crippen LogP contribution < -0.4 is 4.74 Å². The second kappa shape index (κ2) is 12.3. The van der Waals surface area contributed by atoms with Crippen molar-refractivity contribution >= 4 is 38.4 Å². The van der Waals surface area contributed by atoms with Gasteiger partial charge in [-0.2, -0.15) is 0 Å². The molecule has 0 spiro atoms. The minimum Gasteiger partial charge on any atom is -0.470 e. The third-order valence-corrected chi connectivity index (χ3v) is 9.50. The Morgan fingerprint density at radius 3 is 2.66 bits per heavy atom. The Kier molecular flexibility index (Phi) is 7.93. The van der Waals surface area contributed by atoms with Crippen LogP contribution in [-0.2, 0) is 26.2 Å². The molecule has 224 valence electrons. The monoisotopic (exact) mass is 605 g/mol. The molecule has 1 fully saturated rings. The lowest BCUT2D eigenvalue weighted by Gasteiger charge is -2.31. The molecule has 10 heteroatoms. The number of benzene rings is 2. The van der Waals surface area contributed by atoms with Gasteiger partial charge in [-0.1, -0.05) is 18.2 Å². The van der Waals surface area contributed by atoms with Crippen LogP contribution in [0.2, 0.25) is 0 Å². The molecule has 0 N–H and O–H groups in total. The number of likely N-dealkylation sites (tertiary alicyclic amines) is 1. The standard InChI is InChI=1S/C34H35N7O2S/c1-3-40-22-35-18-26(40)19-41-30-17-25(23(2)42)11-12-28(30)36-32(41)20-39-15-13-24(14-16-39)27-8-6-10-33(37-27)43-21-34-38-29-7-4-5-9-31(29)44-34/h4-12,17-18,22,24H,3,13-16,19-21H2,1-2H3. The van der Waals surface area contributed by atoms with Crippen LogP contribution in [0.15, 0.2) is 73.2 Å². The first-order valence-corrected chi connectivity index (χ1v) is 16.0. The molecule has 6 aromatic rings. The Labute approximate surface area is 260 Å². The molecule has 0 unspecified atom stereocenters. The molecule has 0 saturated carbocycles. The number of pyridine rings is 1. The summed E-state index contributed by atoms with van der Waals surface area (Å²) in [5.41, 5.74) is 5.81. The largest absolute Gasteiger partial charge is 0.470 e. The summed E-state index contributed by atoms with van der Waals surface area (Å²) in [7, 11) is 0. The maximum atomic E-state index is 12.2. The van der Waals surface area contributed by atoms with Crippen molar-refractivity contribution in [3.05, 3.63) is 101 Å². The van der Waals surface area contributed by atoms with E-state index in [1.807, 2.05) is 61.1 Å². The first-order valence-electron chi connectivity index (χ1n) is 15.2. The van der Waals surface area contributed by atoms with Crippen LogP contribution in [0.25, 0.3) is 21.3 Å². The number of rotatable bonds is 10. The quantitative estimate of drug-likeness (QED) is 0.165. The van der Waals surface area contributed by atoms with Crippen LogP contribution in [0.3, 0.4) is 0 Å². The molecule has 1 aliphatic heterocycles. The number of ether oxygens (including phenoxy) is 1. The van der Waals surface area contributed by atoms with Gasteiger partial charge in [0, 0.05) is 36.0 Å². The Morgan fingerprint density at radius 1 is 0.977 bits per heavy atom. The number of aromatic nitrogens is 6. The predicted octanol–water partition coefficient (Wildman–Crippen LogP) is 6.47. The van der Waals surface area contributed by atoms with Gasteiger partial charge in [-0.05, 0) is 76.2 Å². The average Bonchev–Trinajstić information content (AvgIpc) is 3.77. The molecule has 0 amide bonds. The van der Waals surface area contributed by atoms with Gasteiger partial charge in [0.05, 0.1) is 46.4 Å². The van der Waals surface area contributed by atoms with Crippen molar-refractivity contribution in [2.45, 2.75) is 58.8 Å². The van der Waals surface area contributed by atoms with Crippen LogP contribution >= 0.6 is 11.3 Å². The molecule has 0 atom stereocenters. The molecule has 0 aliphatic carbocycles. The van der Waals surface area contributed by atoms with Gasteiger partial charge in [0.25, 0.3) is 0 Å². The number of fused-ring (bicyclic) bond motifs is 2. The first kappa shape index (κ1) is 28.4. The van der Waals surface area contributed by atoms with Crippen LogP contribution in [0, 0.1) is 0 Å². The fourth-order valence-electron chi connectivity index (χ4n) is 6.06. The average molecular weight is 606 g/mol. The van der Waals surface area contributed by atoms with Gasteiger partial charge in [0.2, 0.25) is 5.88 Å². The summed E-state index contributed by atoms with van der Waals surface area (Å²) in [6.07, 6.45) is 5.83. The first-order chi connectivity index (χ1) is 21.5. The number of imidazole rings is 2. The molecule has 9 nitrogen and oxygen atoms in total. The fraction of sp³-hybridized carbons (Fsp3) is 0.324. The van der Waals surface area contributed by atoms with E-state index in [2.05, 4.69) is 43.1 Å². The number of para-hydroxylation sites is 1. The minimum absolute atomic E-state index is 0.0571. The highest BCUT2D eigenvalue weighted by Crippen LogP contribution is 2.30. The van der Waals surface area contributed by atoms with E-state index in [1.165, 1.54) is 4.70 Å². The van der Waals surface area contributed by atoms with Crippen LogP contribution in [0.1, 0.15) is 65.2 Å². The summed E-state index contributed by atoms with van der Waals surface area (Å²) in [5.74, 6) is 2.09. The zero-order valence-corrected chi connectivity index (χ0v) is 25.8. The highest BCUT2D eigenvalue weighted by atomic mass is 32.1. The lowest BCUT2D eigenvalue weighted by Crippen LogP contribution is -2.33. The lowest BCUT2D eigenvalue weighted by molar-refractivity contribution is 0.101. The Bertz CT molecular complexity index is 1900. The molecular weight excluding hydrogens is 570 g/mol. The zero-order valence-electron chi connectivity index (χ0n) is 25.0. The molecule has 1 aliphatic rings. The van der Waals surface area contributed by atoms with Crippen LogP contribution in [0.5, 0.6) is 5.88 Å². The van der Waals surface area contributed by atoms with Gasteiger partial charge in [0.15, 0.2) is 5.78 Å². The molecule has 0 radical (unpaired) electrons. The smallest absolute Gasteiger partial charge is 0.213 e. The number of Topliss-reactive ketones (excluding diaryl/α,β-unsaturated/α-hetero) is 1. The molecule has 7 rings (SSSR count). The summed E-state index contributed by atoms with van der Waals surface area (Å²) in [4.78, 5) is 33.6. The highest BCUT2D eigenvalue weighted by Gasteiger charge is 2.24. The third kappa shape index (κ3) is 5.87. The van der Waals surface area contributed by atoms with E-state index >= 15 is 0 Å². The van der Waals surface area contributed by atoms with Crippen molar-refractivity contribution < 1.29 is 9.53 Å². The van der Waals surface area contributed by atoms with Gasteiger partial charge in [-0.25, -0.2) is 19.9 Å². The molecule has 44 heavy (non-hydrogen) atoms. The van der Waals surface area contributed by atoms with E-state index in [0.717, 1.165) is 77.8 Å². The Morgan fingerprint density at radius 2 is 1.84 bits per heavy atom. The maximum Gasteiger partial charge on any atom is 0.213 e. The van der Waals surface area contributed by atoms with E-state index < -0.39 is 0 Å². The van der Waals surface area contributed by atoms with E-state index in [9.17, 15) is 4.79 Å². The van der Waals surface area contributed by atoms with Gasteiger partial charge in [-0.15, -0.1) is 11.3 Å². The molecule has 5 heterocycles. The number of carbonyl (C=O) groups is 1. The topological polar surface area (TPSA) is 91.0 Å². The highest BCUT2D eigenvalue weighted by molar-refractivity contribution is 7.18. The summed E-state index contributed by atoms with van der Waals surface area (Å²) in [6, 6.07) is 20.1. The summed E-state index contributed by atoms with van der Waals surface area (Å²) in [5, 5.41) is 0.953. The summed E-state index contributed by atoms with van der Waals surface area (Å²) < 4.78 is 11.6. The predicted molar refractivity (Wildman–Crippen MR) is 172 cm³/mol. The van der Waals surface area contributed by atoms with Crippen LogP contribution in [0.4, 0.5) is 0 Å². The molecule has 2 aromatic carbocycles. The number of carbonyl (C=O) groups excluding carboxylic acids is 1. The van der Waals surface area contributed by atoms with Crippen molar-refractivity contribution in [2.75, 3.05) is 13.1 Å². The van der Waals surface area contributed by atoms with Gasteiger partial charge >= 0.3 is 0 Å². The normalized spacial score (nSPS) is 14.5. The molecule has 0 bridgehead atoms. The third-order valence-electron chi connectivity index (χ3n) is 8.49. The number of thiazole rings is 1. The van der Waals surface area contributed by atoms with Crippen molar-refractivity contribution in [1.29, 1.82) is 0 Å². The Balaban J connectivity index is 1.03. The van der Waals surface area contributed by atoms with E-state index in [1.54, 1.807) is 18.3 Å². The maximum absolute atomic E-state index is 12.2. The number of piperidine rings is 1. The summed E-state index contributed by atoms with van der Waals surface area (Å²) in [6.45, 7) is 8.32. The van der Waals surface area contributed by atoms with Gasteiger partial charge in [0.1, 0.15) is 17.4 Å². The zero-order chi connectivity index (χ0) is 30.0. The van der Waals surface area contributed by atoms with E-state index in [-0.39, 0.29) is 5.78 Å². The van der Waals surface area contributed by atoms with E-state index in [4.69, 9.17) is 14.7 Å². The number of nitrogens with zero attached hydrogens (tertiary/aromatic N) is 7. The van der Waals surface area contributed by atoms with Crippen molar-refractivity contribution in [2.24, 2.45) is 0 Å². The molecular formula is C34H35N7O2S. The minimum atomic E-state index is 0.0571. The molecule has 4 aromatic heterocycles. The van der Waals surface area contributed by atoms with Gasteiger partial charge < -0.3 is 13.9 Å².